The average molecular weight is 231 g/mol. The maximum Gasteiger partial charge on any atom is 0.132 e. The van der Waals surface area contributed by atoms with Crippen molar-refractivity contribution in [2.45, 2.75) is 26.2 Å². The number of nitriles is 1. The van der Waals surface area contributed by atoms with Crippen LogP contribution in [0.15, 0.2) is 6.07 Å². The summed E-state index contributed by atoms with van der Waals surface area (Å²) in [5.41, 5.74) is 0. The van der Waals surface area contributed by atoms with Crippen molar-refractivity contribution in [2.75, 3.05) is 23.7 Å². The molecule has 1 fully saturated rings. The molecule has 5 heteroatoms. The summed E-state index contributed by atoms with van der Waals surface area (Å²) in [4.78, 5) is 8.55. The molecular formula is C12H17N5. The Labute approximate surface area is 101 Å². The van der Waals surface area contributed by atoms with Gasteiger partial charge >= 0.3 is 0 Å². The minimum Gasteiger partial charge on any atom is -0.370 e. The first-order chi connectivity index (χ1) is 8.28. The van der Waals surface area contributed by atoms with Gasteiger partial charge in [-0.25, -0.2) is 9.97 Å². The molecule has 0 unspecified atom stereocenters. The molecule has 0 aliphatic heterocycles. The summed E-state index contributed by atoms with van der Waals surface area (Å²) in [6, 6.07) is 3.88. The van der Waals surface area contributed by atoms with E-state index in [9.17, 15) is 0 Å². The third kappa shape index (κ3) is 3.31. The average Bonchev–Trinajstić information content (AvgIpc) is 2.23. The van der Waals surface area contributed by atoms with Gasteiger partial charge in [0.15, 0.2) is 0 Å². The Morgan fingerprint density at radius 1 is 1.35 bits per heavy atom. The number of hydrogen-bond donors (Lipinski definition) is 2. The summed E-state index contributed by atoms with van der Waals surface area (Å²) >= 11 is 0. The molecular weight excluding hydrogens is 214 g/mol. The van der Waals surface area contributed by atoms with E-state index in [2.05, 4.69) is 20.6 Å². The van der Waals surface area contributed by atoms with E-state index >= 15 is 0 Å². The van der Waals surface area contributed by atoms with Gasteiger partial charge in [-0.3, -0.25) is 0 Å². The van der Waals surface area contributed by atoms with Crippen molar-refractivity contribution in [3.05, 3.63) is 11.9 Å². The van der Waals surface area contributed by atoms with E-state index in [4.69, 9.17) is 5.26 Å². The van der Waals surface area contributed by atoms with Crippen LogP contribution >= 0.6 is 0 Å². The Kier molecular flexibility index (Phi) is 3.76. The van der Waals surface area contributed by atoms with Crippen molar-refractivity contribution >= 4 is 11.6 Å². The molecule has 0 aromatic carbocycles. The first kappa shape index (κ1) is 11.6. The van der Waals surface area contributed by atoms with Crippen LogP contribution < -0.4 is 10.6 Å². The molecule has 0 amide bonds. The first-order valence-electron chi connectivity index (χ1n) is 5.98. The highest BCUT2D eigenvalue weighted by molar-refractivity contribution is 5.47. The van der Waals surface area contributed by atoms with Crippen LogP contribution in [0.2, 0.25) is 0 Å². The van der Waals surface area contributed by atoms with Crippen LogP contribution in [0.4, 0.5) is 11.6 Å². The maximum absolute atomic E-state index is 8.51. The van der Waals surface area contributed by atoms with Crippen molar-refractivity contribution < 1.29 is 0 Å². The van der Waals surface area contributed by atoms with E-state index in [1.165, 1.54) is 19.3 Å². The standard InChI is InChI=1S/C12H17N5/c1-9-16-11(14-6-5-13)7-12(17-9)15-8-10-3-2-4-10/h7,10H,2-4,6,8H2,1H3,(H2,14,15,16,17). The van der Waals surface area contributed by atoms with Gasteiger partial charge in [0.25, 0.3) is 0 Å². The number of anilines is 2. The molecule has 17 heavy (non-hydrogen) atoms. The molecule has 5 nitrogen and oxygen atoms in total. The fourth-order valence-corrected chi connectivity index (χ4v) is 1.82. The van der Waals surface area contributed by atoms with Gasteiger partial charge in [0.1, 0.15) is 24.0 Å². The van der Waals surface area contributed by atoms with E-state index in [1.807, 2.05) is 19.1 Å². The molecule has 90 valence electrons. The molecule has 1 aliphatic carbocycles. The van der Waals surface area contributed by atoms with Crippen LogP contribution in [-0.4, -0.2) is 23.1 Å². The molecule has 1 aliphatic rings. The molecule has 0 bridgehead atoms. The number of nitrogens with one attached hydrogen (secondary N) is 2. The van der Waals surface area contributed by atoms with Crippen LogP contribution in [0, 0.1) is 24.2 Å². The highest BCUT2D eigenvalue weighted by Gasteiger charge is 2.16. The van der Waals surface area contributed by atoms with Crippen LogP contribution in [0.25, 0.3) is 0 Å². The highest BCUT2D eigenvalue weighted by Crippen LogP contribution is 2.26. The number of nitrogens with zero attached hydrogens (tertiary/aromatic N) is 3. The predicted octanol–water partition coefficient (Wildman–Crippen LogP) is 1.93. The van der Waals surface area contributed by atoms with Crippen molar-refractivity contribution in [1.82, 2.24) is 9.97 Å². The second-order valence-electron chi connectivity index (χ2n) is 4.38. The van der Waals surface area contributed by atoms with Gasteiger partial charge in [-0.1, -0.05) is 6.42 Å². The summed E-state index contributed by atoms with van der Waals surface area (Å²) in [5.74, 6) is 3.05. The van der Waals surface area contributed by atoms with Crippen molar-refractivity contribution in [1.29, 1.82) is 5.26 Å². The number of aryl methyl sites for hydroxylation is 1. The molecule has 1 aromatic heterocycles. The fraction of sp³-hybridized carbons (Fsp3) is 0.583. The quantitative estimate of drug-likeness (QED) is 0.757. The van der Waals surface area contributed by atoms with E-state index in [-0.39, 0.29) is 6.54 Å². The smallest absolute Gasteiger partial charge is 0.132 e. The zero-order chi connectivity index (χ0) is 12.1. The summed E-state index contributed by atoms with van der Waals surface area (Å²) in [6.07, 6.45) is 3.98. The van der Waals surface area contributed by atoms with Crippen molar-refractivity contribution in [3.63, 3.8) is 0 Å². The van der Waals surface area contributed by atoms with E-state index in [1.54, 1.807) is 0 Å². The minimum atomic E-state index is 0.262. The molecule has 0 spiro atoms. The van der Waals surface area contributed by atoms with Crippen LogP contribution in [0.1, 0.15) is 25.1 Å². The summed E-state index contributed by atoms with van der Waals surface area (Å²) in [6.45, 7) is 3.10. The zero-order valence-electron chi connectivity index (χ0n) is 10.0. The predicted molar refractivity (Wildman–Crippen MR) is 66.7 cm³/mol. The molecule has 1 aromatic rings. The molecule has 0 atom stereocenters. The van der Waals surface area contributed by atoms with Gasteiger partial charge in [-0.2, -0.15) is 5.26 Å². The fourth-order valence-electron chi connectivity index (χ4n) is 1.82. The second kappa shape index (κ2) is 5.48. The Morgan fingerprint density at radius 2 is 2.06 bits per heavy atom. The normalized spacial score (nSPS) is 14.8. The van der Waals surface area contributed by atoms with Gasteiger partial charge in [0.05, 0.1) is 6.07 Å². The monoisotopic (exact) mass is 231 g/mol. The van der Waals surface area contributed by atoms with E-state index in [0.717, 1.165) is 18.3 Å². The lowest BCUT2D eigenvalue weighted by atomic mass is 9.85. The Bertz CT molecular complexity index is 419. The molecule has 2 rings (SSSR count). The van der Waals surface area contributed by atoms with Crippen LogP contribution in [0.5, 0.6) is 0 Å². The molecule has 0 radical (unpaired) electrons. The van der Waals surface area contributed by atoms with Gasteiger partial charge in [-0.05, 0) is 25.7 Å². The summed E-state index contributed by atoms with van der Waals surface area (Å²) < 4.78 is 0. The molecule has 1 heterocycles. The number of rotatable bonds is 5. The summed E-state index contributed by atoms with van der Waals surface area (Å²) in [7, 11) is 0. The van der Waals surface area contributed by atoms with Crippen LogP contribution in [-0.2, 0) is 0 Å². The van der Waals surface area contributed by atoms with Gasteiger partial charge in [0, 0.05) is 12.6 Å². The maximum atomic E-state index is 8.51. The lowest BCUT2D eigenvalue weighted by Gasteiger charge is -2.25. The molecule has 2 N–H and O–H groups in total. The van der Waals surface area contributed by atoms with Gasteiger partial charge < -0.3 is 10.6 Å². The lowest BCUT2D eigenvalue weighted by Crippen LogP contribution is -2.21. The SMILES string of the molecule is Cc1nc(NCC#N)cc(NCC2CCC2)n1. The van der Waals surface area contributed by atoms with Crippen LogP contribution in [0.3, 0.4) is 0 Å². The number of hydrogen-bond acceptors (Lipinski definition) is 5. The first-order valence-corrected chi connectivity index (χ1v) is 5.98. The Hall–Kier alpha value is -1.83. The Balaban J connectivity index is 1.95. The lowest BCUT2D eigenvalue weighted by molar-refractivity contribution is 0.333. The Morgan fingerprint density at radius 3 is 2.65 bits per heavy atom. The number of aromatic nitrogens is 2. The topological polar surface area (TPSA) is 73.6 Å². The van der Waals surface area contributed by atoms with Crippen molar-refractivity contribution in [3.8, 4) is 6.07 Å². The second-order valence-corrected chi connectivity index (χ2v) is 4.38. The highest BCUT2D eigenvalue weighted by atomic mass is 15.1. The van der Waals surface area contributed by atoms with Gasteiger partial charge in [-0.15, -0.1) is 0 Å². The van der Waals surface area contributed by atoms with Crippen molar-refractivity contribution in [2.24, 2.45) is 5.92 Å². The summed E-state index contributed by atoms with van der Waals surface area (Å²) in [5, 5.41) is 14.8. The van der Waals surface area contributed by atoms with Gasteiger partial charge in [0.2, 0.25) is 0 Å². The largest absolute Gasteiger partial charge is 0.370 e. The third-order valence-corrected chi connectivity index (χ3v) is 2.98. The molecule has 1 saturated carbocycles. The van der Waals surface area contributed by atoms with E-state index in [0.29, 0.717) is 11.6 Å². The zero-order valence-corrected chi connectivity index (χ0v) is 10.0. The minimum absolute atomic E-state index is 0.262. The molecule has 0 saturated heterocycles. The van der Waals surface area contributed by atoms with E-state index < -0.39 is 0 Å². The third-order valence-electron chi connectivity index (χ3n) is 2.98.